The Morgan fingerprint density at radius 1 is 1.43 bits per heavy atom. The van der Waals surface area contributed by atoms with E-state index in [4.69, 9.17) is 14.0 Å². The van der Waals surface area contributed by atoms with E-state index in [0.29, 0.717) is 31.4 Å². The van der Waals surface area contributed by atoms with Crippen molar-refractivity contribution in [1.29, 1.82) is 0 Å². The fourth-order valence-corrected chi connectivity index (χ4v) is 2.61. The standard InChI is InChI=1S/C16H21N3O4/c1-3-21-11(2)16-17-15(23-18-16)9-19-8-12(10-20)22-14-7-5-4-6-13(14)19/h4-7,11-12,20H,3,8-10H2,1-2H3. The second-order valence-electron chi connectivity index (χ2n) is 5.41. The fraction of sp³-hybridized carbons (Fsp3) is 0.500. The maximum Gasteiger partial charge on any atom is 0.246 e. The van der Waals surface area contributed by atoms with Gasteiger partial charge in [-0.2, -0.15) is 4.98 Å². The molecule has 0 amide bonds. The summed E-state index contributed by atoms with van der Waals surface area (Å²) in [4.78, 5) is 6.47. The van der Waals surface area contributed by atoms with Gasteiger partial charge in [-0.15, -0.1) is 0 Å². The lowest BCUT2D eigenvalue weighted by Gasteiger charge is -2.34. The van der Waals surface area contributed by atoms with Crippen molar-refractivity contribution in [2.24, 2.45) is 0 Å². The Bertz CT molecular complexity index is 646. The third-order valence-electron chi connectivity index (χ3n) is 3.72. The number of anilines is 1. The molecule has 7 nitrogen and oxygen atoms in total. The molecule has 1 N–H and O–H groups in total. The number of fused-ring (bicyclic) bond motifs is 1. The zero-order chi connectivity index (χ0) is 16.2. The summed E-state index contributed by atoms with van der Waals surface area (Å²) in [5.41, 5.74) is 0.954. The lowest BCUT2D eigenvalue weighted by atomic mass is 10.2. The van der Waals surface area contributed by atoms with E-state index in [-0.39, 0.29) is 18.8 Å². The molecule has 3 rings (SSSR count). The maximum absolute atomic E-state index is 9.42. The van der Waals surface area contributed by atoms with Crippen LogP contribution in [0, 0.1) is 0 Å². The van der Waals surface area contributed by atoms with E-state index in [0.717, 1.165) is 11.4 Å². The van der Waals surface area contributed by atoms with Crippen molar-refractivity contribution in [2.45, 2.75) is 32.6 Å². The Hall–Kier alpha value is -2.12. The van der Waals surface area contributed by atoms with Crippen LogP contribution in [0.15, 0.2) is 28.8 Å². The summed E-state index contributed by atoms with van der Waals surface area (Å²) in [5.74, 6) is 1.81. The number of para-hydroxylation sites is 2. The molecular weight excluding hydrogens is 298 g/mol. The van der Waals surface area contributed by atoms with Gasteiger partial charge in [-0.25, -0.2) is 0 Å². The monoisotopic (exact) mass is 319 g/mol. The molecule has 1 aromatic carbocycles. The highest BCUT2D eigenvalue weighted by Gasteiger charge is 2.26. The number of aliphatic hydroxyl groups is 1. The van der Waals surface area contributed by atoms with E-state index in [1.807, 2.05) is 38.1 Å². The lowest BCUT2D eigenvalue weighted by Crippen LogP contribution is -2.41. The summed E-state index contributed by atoms with van der Waals surface area (Å²) >= 11 is 0. The van der Waals surface area contributed by atoms with Crippen LogP contribution >= 0.6 is 0 Å². The summed E-state index contributed by atoms with van der Waals surface area (Å²) in [5, 5.41) is 13.4. The predicted molar refractivity (Wildman–Crippen MR) is 83.3 cm³/mol. The number of hydrogen-bond acceptors (Lipinski definition) is 7. The number of hydrogen-bond donors (Lipinski definition) is 1. The van der Waals surface area contributed by atoms with Crippen molar-refractivity contribution in [2.75, 3.05) is 24.7 Å². The zero-order valence-corrected chi connectivity index (χ0v) is 13.3. The Morgan fingerprint density at radius 3 is 3.04 bits per heavy atom. The van der Waals surface area contributed by atoms with E-state index in [1.165, 1.54) is 0 Å². The number of benzene rings is 1. The molecule has 2 unspecified atom stereocenters. The van der Waals surface area contributed by atoms with Crippen molar-refractivity contribution in [3.63, 3.8) is 0 Å². The summed E-state index contributed by atoms with van der Waals surface area (Å²) in [7, 11) is 0. The minimum atomic E-state index is -0.269. The number of nitrogens with zero attached hydrogens (tertiary/aromatic N) is 3. The topological polar surface area (TPSA) is 80.9 Å². The molecule has 0 saturated carbocycles. The average molecular weight is 319 g/mol. The van der Waals surface area contributed by atoms with Crippen molar-refractivity contribution >= 4 is 5.69 Å². The normalized spacial score (nSPS) is 18.4. The van der Waals surface area contributed by atoms with Gasteiger partial charge in [0.15, 0.2) is 5.82 Å². The molecule has 2 heterocycles. The molecule has 1 aromatic heterocycles. The van der Waals surface area contributed by atoms with Crippen LogP contribution in [0.1, 0.15) is 31.7 Å². The highest BCUT2D eigenvalue weighted by molar-refractivity contribution is 5.60. The Kier molecular flexibility index (Phi) is 4.78. The summed E-state index contributed by atoms with van der Waals surface area (Å²) < 4.78 is 16.5. The highest BCUT2D eigenvalue weighted by atomic mass is 16.5. The van der Waals surface area contributed by atoms with Crippen LogP contribution in [-0.4, -0.2) is 41.1 Å². The van der Waals surface area contributed by atoms with Crippen molar-refractivity contribution < 1.29 is 19.1 Å². The molecule has 7 heteroatoms. The molecule has 0 fully saturated rings. The number of rotatable bonds is 6. The first kappa shape index (κ1) is 15.8. The minimum Gasteiger partial charge on any atom is -0.484 e. The van der Waals surface area contributed by atoms with Gasteiger partial charge < -0.3 is 24.0 Å². The first-order valence-electron chi connectivity index (χ1n) is 7.76. The number of ether oxygens (including phenoxy) is 2. The van der Waals surface area contributed by atoms with Crippen molar-refractivity contribution in [1.82, 2.24) is 10.1 Å². The molecule has 0 bridgehead atoms. The van der Waals surface area contributed by atoms with Crippen LogP contribution in [0.25, 0.3) is 0 Å². The van der Waals surface area contributed by atoms with E-state index in [9.17, 15) is 5.11 Å². The molecule has 23 heavy (non-hydrogen) atoms. The summed E-state index contributed by atoms with van der Waals surface area (Å²) in [6, 6.07) is 7.72. The van der Waals surface area contributed by atoms with Gasteiger partial charge >= 0.3 is 0 Å². The van der Waals surface area contributed by atoms with Gasteiger partial charge in [0.2, 0.25) is 5.89 Å². The molecular formula is C16H21N3O4. The quantitative estimate of drug-likeness (QED) is 0.871. The highest BCUT2D eigenvalue weighted by Crippen LogP contribution is 2.33. The van der Waals surface area contributed by atoms with Crippen LogP contribution < -0.4 is 9.64 Å². The molecule has 0 saturated heterocycles. The Labute approximate surface area is 134 Å². The first-order chi connectivity index (χ1) is 11.2. The number of aromatic nitrogens is 2. The molecule has 1 aliphatic heterocycles. The van der Waals surface area contributed by atoms with Gasteiger partial charge in [0.1, 0.15) is 18.0 Å². The largest absolute Gasteiger partial charge is 0.484 e. The molecule has 0 spiro atoms. The number of aliphatic hydroxyl groups excluding tert-OH is 1. The van der Waals surface area contributed by atoms with Crippen LogP contribution in [0.2, 0.25) is 0 Å². The molecule has 124 valence electrons. The van der Waals surface area contributed by atoms with Gasteiger partial charge in [0.05, 0.1) is 25.4 Å². The third kappa shape index (κ3) is 3.46. The average Bonchev–Trinajstić information content (AvgIpc) is 3.03. The van der Waals surface area contributed by atoms with Gasteiger partial charge in [-0.3, -0.25) is 0 Å². The molecule has 2 aromatic rings. The van der Waals surface area contributed by atoms with Crippen LogP contribution in [0.5, 0.6) is 5.75 Å². The molecule has 1 aliphatic rings. The third-order valence-corrected chi connectivity index (χ3v) is 3.72. The molecule has 0 aliphatic carbocycles. The Balaban J connectivity index is 1.77. The second kappa shape index (κ2) is 6.97. The van der Waals surface area contributed by atoms with Gasteiger partial charge in [-0.05, 0) is 26.0 Å². The van der Waals surface area contributed by atoms with Crippen LogP contribution in [0.4, 0.5) is 5.69 Å². The predicted octanol–water partition coefficient (Wildman–Crippen LogP) is 1.93. The zero-order valence-electron chi connectivity index (χ0n) is 13.3. The summed E-state index contributed by atoms with van der Waals surface area (Å²) in [6.45, 7) is 5.40. The lowest BCUT2D eigenvalue weighted by molar-refractivity contribution is 0.0683. The van der Waals surface area contributed by atoms with Crippen LogP contribution in [-0.2, 0) is 11.3 Å². The van der Waals surface area contributed by atoms with Gasteiger partial charge in [-0.1, -0.05) is 17.3 Å². The van der Waals surface area contributed by atoms with Crippen molar-refractivity contribution in [3.8, 4) is 5.75 Å². The van der Waals surface area contributed by atoms with E-state index >= 15 is 0 Å². The van der Waals surface area contributed by atoms with Gasteiger partial charge in [0, 0.05) is 6.61 Å². The van der Waals surface area contributed by atoms with E-state index in [1.54, 1.807) is 0 Å². The smallest absolute Gasteiger partial charge is 0.246 e. The van der Waals surface area contributed by atoms with Crippen LogP contribution in [0.3, 0.4) is 0 Å². The minimum absolute atomic E-state index is 0.0404. The molecule has 2 atom stereocenters. The second-order valence-corrected chi connectivity index (χ2v) is 5.41. The Morgan fingerprint density at radius 2 is 2.26 bits per heavy atom. The first-order valence-corrected chi connectivity index (χ1v) is 7.76. The molecule has 0 radical (unpaired) electrons. The fourth-order valence-electron chi connectivity index (χ4n) is 2.61. The maximum atomic E-state index is 9.42. The SMILES string of the molecule is CCOC(C)c1noc(CN2CC(CO)Oc3ccccc32)n1. The van der Waals surface area contributed by atoms with E-state index in [2.05, 4.69) is 15.0 Å². The summed E-state index contributed by atoms with van der Waals surface area (Å²) in [6.07, 6.45) is -0.464. The van der Waals surface area contributed by atoms with E-state index < -0.39 is 0 Å². The van der Waals surface area contributed by atoms with Crippen molar-refractivity contribution in [3.05, 3.63) is 36.0 Å². The van der Waals surface area contributed by atoms with Gasteiger partial charge in [0.25, 0.3) is 0 Å².